The van der Waals surface area contributed by atoms with Crippen molar-refractivity contribution < 1.29 is 13.9 Å². The number of hydrogen-bond acceptors (Lipinski definition) is 6. The number of aromatic nitrogens is 3. The summed E-state index contributed by atoms with van der Waals surface area (Å²) in [5.41, 5.74) is 4.11. The lowest BCUT2D eigenvalue weighted by Gasteiger charge is -2.34. The molecule has 9 heteroatoms. The van der Waals surface area contributed by atoms with Crippen LogP contribution in [-0.4, -0.2) is 32.1 Å². The molecule has 1 amide bonds. The second-order valence-corrected chi connectivity index (χ2v) is 10.3. The van der Waals surface area contributed by atoms with Gasteiger partial charge < -0.3 is 4.74 Å². The molecule has 2 bridgehead atoms. The lowest BCUT2D eigenvalue weighted by molar-refractivity contribution is -0.118. The molecule has 0 spiro atoms. The minimum absolute atomic E-state index is 0.0509. The number of hydrogen-bond donors (Lipinski definition) is 1. The Kier molecular flexibility index (Phi) is 6.61. The molecule has 2 aromatic rings. The van der Waals surface area contributed by atoms with E-state index in [0.29, 0.717) is 23.4 Å². The Morgan fingerprint density at radius 1 is 1.39 bits per heavy atom. The highest BCUT2D eigenvalue weighted by molar-refractivity contribution is 7.99. The lowest BCUT2D eigenvalue weighted by atomic mass is 9.70. The van der Waals surface area contributed by atoms with E-state index >= 15 is 0 Å². The van der Waals surface area contributed by atoms with Crippen molar-refractivity contribution in [1.29, 1.82) is 0 Å². The third-order valence-corrected chi connectivity index (χ3v) is 8.43. The van der Waals surface area contributed by atoms with Gasteiger partial charge in [0.1, 0.15) is 6.61 Å². The zero-order chi connectivity index (χ0) is 23.6. The lowest BCUT2D eigenvalue weighted by Crippen LogP contribution is -2.34. The summed E-state index contributed by atoms with van der Waals surface area (Å²) in [6.07, 6.45) is 5.02. The monoisotopic (exact) mass is 471 g/mol. The molecule has 2 atom stereocenters. The van der Waals surface area contributed by atoms with Crippen LogP contribution in [0.3, 0.4) is 0 Å². The molecule has 2 aliphatic carbocycles. The Morgan fingerprint density at radius 3 is 2.85 bits per heavy atom. The number of amides is 1. The topological polar surface area (TPSA) is 81.4 Å². The summed E-state index contributed by atoms with van der Waals surface area (Å²) >= 11 is 1.27. The number of carbonyl (C=O) groups is 1. The van der Waals surface area contributed by atoms with Crippen LogP contribution in [0.4, 0.5) is 4.39 Å². The molecule has 1 N–H and O–H groups in total. The molecule has 2 saturated carbocycles. The van der Waals surface area contributed by atoms with Gasteiger partial charge in [0.2, 0.25) is 0 Å². The molecule has 7 nitrogen and oxygen atoms in total. The Hall–Kier alpha value is -2.68. The molecule has 2 fully saturated rings. The van der Waals surface area contributed by atoms with Gasteiger partial charge in [0.05, 0.1) is 5.75 Å². The first-order valence-corrected chi connectivity index (χ1v) is 12.1. The summed E-state index contributed by atoms with van der Waals surface area (Å²) < 4.78 is 21.2. The maximum absolute atomic E-state index is 13.8. The molecular formula is C24H30FN5O2S. The molecule has 33 heavy (non-hydrogen) atoms. The van der Waals surface area contributed by atoms with Gasteiger partial charge in [0.15, 0.2) is 22.5 Å². The van der Waals surface area contributed by atoms with Crippen molar-refractivity contribution in [2.75, 3.05) is 5.75 Å². The Labute approximate surface area is 197 Å². The number of halogens is 1. The summed E-state index contributed by atoms with van der Waals surface area (Å²) in [5.74, 6) is 0.843. The standard InChI is InChI=1S/C24H30FN5O2S/c1-5-12-30-20(14-32-18-9-7-6-8-17(18)25)27-29-22(30)33-15-21(31)28-26-19-13-16-10-11-24(19,4)23(16,2)3/h5-9,16H,1,10-15H2,2-4H3,(H,28,31)/b26-19-. The quantitative estimate of drug-likeness (QED) is 0.329. The van der Waals surface area contributed by atoms with E-state index in [0.717, 1.165) is 18.6 Å². The van der Waals surface area contributed by atoms with E-state index in [4.69, 9.17) is 4.74 Å². The summed E-state index contributed by atoms with van der Waals surface area (Å²) in [5, 5.41) is 13.4. The van der Waals surface area contributed by atoms with Gasteiger partial charge in [0.25, 0.3) is 5.91 Å². The average Bonchev–Trinajstić information content (AvgIpc) is 3.34. The summed E-state index contributed by atoms with van der Waals surface area (Å²) in [7, 11) is 0. The van der Waals surface area contributed by atoms with Gasteiger partial charge in [-0.15, -0.1) is 16.8 Å². The third-order valence-electron chi connectivity index (χ3n) is 7.46. The van der Waals surface area contributed by atoms with Gasteiger partial charge in [-0.05, 0) is 42.7 Å². The molecule has 0 saturated heterocycles. The zero-order valence-electron chi connectivity index (χ0n) is 19.3. The second kappa shape index (κ2) is 9.29. The van der Waals surface area contributed by atoms with Gasteiger partial charge in [-0.3, -0.25) is 9.36 Å². The van der Waals surface area contributed by atoms with E-state index in [9.17, 15) is 9.18 Å². The Bertz CT molecular complexity index is 1080. The van der Waals surface area contributed by atoms with Crippen LogP contribution in [-0.2, 0) is 17.9 Å². The van der Waals surface area contributed by atoms with Crippen LogP contribution in [0.25, 0.3) is 0 Å². The predicted molar refractivity (Wildman–Crippen MR) is 126 cm³/mol. The summed E-state index contributed by atoms with van der Waals surface area (Å²) in [6, 6.07) is 6.20. The number of nitrogens with zero attached hydrogens (tertiary/aromatic N) is 4. The fraction of sp³-hybridized carbons (Fsp3) is 0.500. The minimum atomic E-state index is -0.437. The SMILES string of the molecule is C=CCn1c(COc2ccccc2F)nnc1SCC(=O)N/N=C1/CC2CCC1(C)C2(C)C. The summed E-state index contributed by atoms with van der Waals surface area (Å²) in [6.45, 7) is 11.2. The highest BCUT2D eigenvalue weighted by atomic mass is 32.2. The highest BCUT2D eigenvalue weighted by Crippen LogP contribution is 2.63. The number of hydrazone groups is 1. The van der Waals surface area contributed by atoms with Gasteiger partial charge in [-0.2, -0.15) is 5.10 Å². The first-order chi connectivity index (χ1) is 15.8. The predicted octanol–water partition coefficient (Wildman–Crippen LogP) is 4.59. The number of carbonyl (C=O) groups excluding carboxylic acids is 1. The number of allylic oxidation sites excluding steroid dienone is 1. The molecule has 1 aromatic carbocycles. The number of para-hydroxylation sites is 1. The molecule has 0 radical (unpaired) electrons. The zero-order valence-corrected chi connectivity index (χ0v) is 20.1. The molecule has 176 valence electrons. The van der Waals surface area contributed by atoms with E-state index in [1.54, 1.807) is 28.8 Å². The maximum atomic E-state index is 13.8. The van der Waals surface area contributed by atoms with Gasteiger partial charge >= 0.3 is 0 Å². The number of fused-ring (bicyclic) bond motifs is 2. The van der Waals surface area contributed by atoms with Crippen LogP contribution >= 0.6 is 11.8 Å². The van der Waals surface area contributed by atoms with Crippen molar-refractivity contribution in [2.24, 2.45) is 21.8 Å². The van der Waals surface area contributed by atoms with Gasteiger partial charge in [0, 0.05) is 17.7 Å². The number of benzene rings is 1. The minimum Gasteiger partial charge on any atom is -0.483 e. The molecule has 0 aliphatic heterocycles. The molecule has 4 rings (SSSR count). The molecule has 2 aliphatic rings. The molecule has 1 heterocycles. The van der Waals surface area contributed by atoms with Crippen LogP contribution < -0.4 is 10.2 Å². The van der Waals surface area contributed by atoms with E-state index in [1.807, 2.05) is 0 Å². The van der Waals surface area contributed by atoms with Crippen LogP contribution in [0, 0.1) is 22.6 Å². The van der Waals surface area contributed by atoms with E-state index in [2.05, 4.69) is 48.1 Å². The fourth-order valence-electron chi connectivity index (χ4n) is 4.94. The van der Waals surface area contributed by atoms with Crippen LogP contribution in [0.15, 0.2) is 47.2 Å². The highest BCUT2D eigenvalue weighted by Gasteiger charge is 2.60. The van der Waals surface area contributed by atoms with Crippen molar-refractivity contribution >= 4 is 23.4 Å². The Morgan fingerprint density at radius 2 is 2.18 bits per heavy atom. The molecule has 1 aromatic heterocycles. The fourth-order valence-corrected chi connectivity index (χ4v) is 5.70. The van der Waals surface area contributed by atoms with Crippen LogP contribution in [0.5, 0.6) is 5.75 Å². The van der Waals surface area contributed by atoms with Crippen molar-refractivity contribution in [3.8, 4) is 5.75 Å². The normalized spacial score (nSPS) is 24.2. The largest absolute Gasteiger partial charge is 0.483 e. The van der Waals surface area contributed by atoms with Crippen molar-refractivity contribution in [2.45, 2.75) is 58.3 Å². The van der Waals surface area contributed by atoms with E-state index in [1.165, 1.54) is 24.2 Å². The summed E-state index contributed by atoms with van der Waals surface area (Å²) in [4.78, 5) is 12.5. The second-order valence-electron chi connectivity index (χ2n) is 9.39. The number of thioether (sulfide) groups is 1. The third kappa shape index (κ3) is 4.43. The van der Waals surface area contributed by atoms with Crippen molar-refractivity contribution in [3.05, 3.63) is 48.6 Å². The Balaban J connectivity index is 1.36. The first-order valence-electron chi connectivity index (χ1n) is 11.1. The van der Waals surface area contributed by atoms with Gasteiger partial charge in [-0.25, -0.2) is 9.82 Å². The number of nitrogens with one attached hydrogen (secondary N) is 1. The van der Waals surface area contributed by atoms with E-state index in [-0.39, 0.29) is 34.8 Å². The number of ether oxygens (including phenoxy) is 1. The van der Waals surface area contributed by atoms with Gasteiger partial charge in [-0.1, -0.05) is 50.7 Å². The smallest absolute Gasteiger partial charge is 0.250 e. The molecular weight excluding hydrogens is 441 g/mol. The van der Waals surface area contributed by atoms with E-state index < -0.39 is 5.82 Å². The first kappa shape index (κ1) is 23.5. The molecule has 2 unspecified atom stereocenters. The maximum Gasteiger partial charge on any atom is 0.250 e. The van der Waals surface area contributed by atoms with Crippen LogP contribution in [0.2, 0.25) is 0 Å². The van der Waals surface area contributed by atoms with Crippen molar-refractivity contribution in [3.63, 3.8) is 0 Å². The van der Waals surface area contributed by atoms with Crippen LogP contribution in [0.1, 0.15) is 45.9 Å². The number of rotatable bonds is 9. The van der Waals surface area contributed by atoms with Crippen molar-refractivity contribution in [1.82, 2.24) is 20.2 Å². The average molecular weight is 472 g/mol.